The second kappa shape index (κ2) is 6.91. The molecule has 4 nitrogen and oxygen atoms in total. The lowest BCUT2D eigenvalue weighted by atomic mass is 10.1. The van der Waals surface area contributed by atoms with E-state index in [1.165, 1.54) is 0 Å². The van der Waals surface area contributed by atoms with E-state index in [4.69, 9.17) is 5.11 Å². The van der Waals surface area contributed by atoms with E-state index in [9.17, 15) is 4.79 Å². The summed E-state index contributed by atoms with van der Waals surface area (Å²) < 4.78 is 0. The maximum absolute atomic E-state index is 12.2. The van der Waals surface area contributed by atoms with Crippen molar-refractivity contribution < 1.29 is 9.90 Å². The van der Waals surface area contributed by atoms with E-state index < -0.39 is 0 Å². The summed E-state index contributed by atoms with van der Waals surface area (Å²) in [7, 11) is 0. The third kappa shape index (κ3) is 3.27. The number of nitrogens with one attached hydrogen (secondary N) is 1. The van der Waals surface area contributed by atoms with Crippen molar-refractivity contribution in [3.05, 3.63) is 42.5 Å². The minimum atomic E-state index is -0.169. The average molecular weight is 272 g/mol. The van der Waals surface area contributed by atoms with Crippen LogP contribution in [-0.2, 0) is 0 Å². The molecule has 106 valence electrons. The fourth-order valence-electron chi connectivity index (χ4n) is 2.23. The summed E-state index contributed by atoms with van der Waals surface area (Å²) in [6, 6.07) is 13.6. The van der Waals surface area contributed by atoms with Crippen LogP contribution < -0.4 is 5.32 Å². The molecule has 0 saturated heterocycles. The normalized spacial score (nSPS) is 10.5. The zero-order chi connectivity index (χ0) is 14.4. The van der Waals surface area contributed by atoms with Gasteiger partial charge in [-0.15, -0.1) is 0 Å². The van der Waals surface area contributed by atoms with Gasteiger partial charge in [-0.25, -0.2) is 4.79 Å². The summed E-state index contributed by atoms with van der Waals surface area (Å²) in [4.78, 5) is 13.9. The molecular formula is C16H20N2O2. The Bertz CT molecular complexity index is 572. The lowest BCUT2D eigenvalue weighted by molar-refractivity contribution is 0.188. The van der Waals surface area contributed by atoms with Gasteiger partial charge in [-0.3, -0.25) is 0 Å². The topological polar surface area (TPSA) is 52.6 Å². The first-order valence-electron chi connectivity index (χ1n) is 6.90. The van der Waals surface area contributed by atoms with Gasteiger partial charge in [0.1, 0.15) is 0 Å². The Morgan fingerprint density at radius 1 is 1.15 bits per heavy atom. The van der Waals surface area contributed by atoms with Gasteiger partial charge >= 0.3 is 6.03 Å². The first-order valence-corrected chi connectivity index (χ1v) is 6.90. The predicted octanol–water partition coefficient (Wildman–Crippen LogP) is 3.08. The molecule has 2 aromatic rings. The van der Waals surface area contributed by atoms with Gasteiger partial charge in [-0.1, -0.05) is 43.3 Å². The van der Waals surface area contributed by atoms with Gasteiger partial charge in [-0.05, 0) is 17.9 Å². The van der Waals surface area contributed by atoms with Crippen molar-refractivity contribution in [2.75, 3.05) is 25.0 Å². The smallest absolute Gasteiger partial charge is 0.321 e. The summed E-state index contributed by atoms with van der Waals surface area (Å²) in [5.41, 5.74) is 0.798. The van der Waals surface area contributed by atoms with E-state index in [1.54, 1.807) is 4.90 Å². The van der Waals surface area contributed by atoms with Crippen LogP contribution in [0.2, 0.25) is 0 Å². The number of aliphatic hydroxyl groups is 1. The Labute approximate surface area is 119 Å². The first kappa shape index (κ1) is 14.3. The molecule has 2 aromatic carbocycles. The third-order valence-electron chi connectivity index (χ3n) is 3.18. The number of fused-ring (bicyclic) bond motifs is 1. The molecule has 0 bridgehead atoms. The molecule has 0 fully saturated rings. The number of anilines is 1. The van der Waals surface area contributed by atoms with Crippen molar-refractivity contribution in [3.63, 3.8) is 0 Å². The molecule has 0 heterocycles. The molecule has 0 atom stereocenters. The number of aliphatic hydroxyl groups excluding tert-OH is 1. The highest BCUT2D eigenvalue weighted by Gasteiger charge is 2.12. The number of amides is 2. The van der Waals surface area contributed by atoms with Crippen LogP contribution in [0.5, 0.6) is 0 Å². The van der Waals surface area contributed by atoms with Crippen LogP contribution in [0, 0.1) is 0 Å². The fourth-order valence-corrected chi connectivity index (χ4v) is 2.23. The Balaban J connectivity index is 2.20. The van der Waals surface area contributed by atoms with Crippen LogP contribution in [0.3, 0.4) is 0 Å². The second-order valence-electron chi connectivity index (χ2n) is 4.67. The molecule has 2 N–H and O–H groups in total. The molecular weight excluding hydrogens is 252 g/mol. The van der Waals surface area contributed by atoms with Crippen LogP contribution in [0.1, 0.15) is 13.3 Å². The van der Waals surface area contributed by atoms with Crippen LogP contribution in [0.25, 0.3) is 10.8 Å². The van der Waals surface area contributed by atoms with Gasteiger partial charge in [0.2, 0.25) is 0 Å². The highest BCUT2D eigenvalue weighted by Crippen LogP contribution is 2.23. The Hall–Kier alpha value is -2.07. The minimum Gasteiger partial charge on any atom is -0.395 e. The Morgan fingerprint density at radius 2 is 1.90 bits per heavy atom. The van der Waals surface area contributed by atoms with Gasteiger partial charge in [0.25, 0.3) is 0 Å². The molecule has 0 aliphatic heterocycles. The quantitative estimate of drug-likeness (QED) is 0.879. The van der Waals surface area contributed by atoms with Gasteiger partial charge in [-0.2, -0.15) is 0 Å². The van der Waals surface area contributed by atoms with Crippen LogP contribution in [0.4, 0.5) is 10.5 Å². The molecule has 0 saturated carbocycles. The molecule has 0 aromatic heterocycles. The molecule has 20 heavy (non-hydrogen) atoms. The van der Waals surface area contributed by atoms with E-state index in [0.29, 0.717) is 13.1 Å². The summed E-state index contributed by atoms with van der Waals surface area (Å²) in [6.07, 6.45) is 0.864. The number of benzene rings is 2. The SMILES string of the molecule is CCCN(CCO)C(=O)Nc1cccc2ccccc12. The summed E-state index contributed by atoms with van der Waals surface area (Å²) in [6.45, 7) is 2.97. The van der Waals surface area contributed by atoms with Crippen molar-refractivity contribution in [2.24, 2.45) is 0 Å². The van der Waals surface area contributed by atoms with Crippen molar-refractivity contribution in [1.29, 1.82) is 0 Å². The number of carbonyl (C=O) groups is 1. The van der Waals surface area contributed by atoms with E-state index in [1.807, 2.05) is 49.4 Å². The highest BCUT2D eigenvalue weighted by molar-refractivity contribution is 6.01. The standard InChI is InChI=1S/C16H20N2O2/c1-2-10-18(11-12-19)16(20)17-15-9-5-7-13-6-3-4-8-14(13)15/h3-9,19H,2,10-12H2,1H3,(H,17,20). The molecule has 0 aliphatic carbocycles. The number of rotatable bonds is 5. The third-order valence-corrected chi connectivity index (χ3v) is 3.18. The van der Waals surface area contributed by atoms with E-state index in [0.717, 1.165) is 22.9 Å². The van der Waals surface area contributed by atoms with Crippen molar-refractivity contribution in [2.45, 2.75) is 13.3 Å². The number of urea groups is 1. The second-order valence-corrected chi connectivity index (χ2v) is 4.67. The maximum atomic E-state index is 12.2. The summed E-state index contributed by atoms with van der Waals surface area (Å²) in [5, 5.41) is 14.1. The summed E-state index contributed by atoms with van der Waals surface area (Å²) in [5.74, 6) is 0. The van der Waals surface area contributed by atoms with Crippen molar-refractivity contribution in [3.8, 4) is 0 Å². The first-order chi connectivity index (χ1) is 9.76. The molecule has 0 radical (unpaired) electrons. The van der Waals surface area contributed by atoms with Crippen molar-refractivity contribution >= 4 is 22.5 Å². The lowest BCUT2D eigenvalue weighted by Gasteiger charge is -2.22. The number of carbonyl (C=O) groups excluding carboxylic acids is 1. The minimum absolute atomic E-state index is 0.0248. The molecule has 2 amide bonds. The predicted molar refractivity (Wildman–Crippen MR) is 81.9 cm³/mol. The van der Waals surface area contributed by atoms with Crippen LogP contribution in [-0.4, -0.2) is 35.7 Å². The van der Waals surface area contributed by atoms with Gasteiger partial charge < -0.3 is 15.3 Å². The molecule has 0 aliphatic rings. The fraction of sp³-hybridized carbons (Fsp3) is 0.312. The lowest BCUT2D eigenvalue weighted by Crippen LogP contribution is -2.37. The largest absolute Gasteiger partial charge is 0.395 e. The van der Waals surface area contributed by atoms with Crippen LogP contribution in [0.15, 0.2) is 42.5 Å². The van der Waals surface area contributed by atoms with E-state index >= 15 is 0 Å². The molecule has 4 heteroatoms. The van der Waals surface area contributed by atoms with Gasteiger partial charge in [0, 0.05) is 18.5 Å². The van der Waals surface area contributed by atoms with E-state index in [-0.39, 0.29) is 12.6 Å². The maximum Gasteiger partial charge on any atom is 0.321 e. The Kier molecular flexibility index (Phi) is 4.96. The summed E-state index contributed by atoms with van der Waals surface area (Å²) >= 11 is 0. The van der Waals surface area contributed by atoms with Gasteiger partial charge in [0.15, 0.2) is 0 Å². The highest BCUT2D eigenvalue weighted by atomic mass is 16.3. The zero-order valence-corrected chi connectivity index (χ0v) is 11.7. The number of hydrogen-bond donors (Lipinski definition) is 2. The van der Waals surface area contributed by atoms with Crippen LogP contribution >= 0.6 is 0 Å². The average Bonchev–Trinajstić information content (AvgIpc) is 2.47. The number of nitrogens with zero attached hydrogens (tertiary/aromatic N) is 1. The monoisotopic (exact) mass is 272 g/mol. The Morgan fingerprint density at radius 3 is 2.65 bits per heavy atom. The molecule has 0 spiro atoms. The molecule has 2 rings (SSSR count). The molecule has 0 unspecified atom stereocenters. The van der Waals surface area contributed by atoms with E-state index in [2.05, 4.69) is 5.32 Å². The van der Waals surface area contributed by atoms with Crippen molar-refractivity contribution in [1.82, 2.24) is 4.90 Å². The van der Waals surface area contributed by atoms with Gasteiger partial charge in [0.05, 0.1) is 12.3 Å². The zero-order valence-electron chi connectivity index (χ0n) is 11.7. The number of hydrogen-bond acceptors (Lipinski definition) is 2.